The molecule has 1 fully saturated rings. The molecule has 2 heterocycles. The van der Waals surface area contributed by atoms with Crippen molar-refractivity contribution in [2.24, 2.45) is 0 Å². The fourth-order valence-electron chi connectivity index (χ4n) is 2.13. The zero-order valence-corrected chi connectivity index (χ0v) is 10.6. The fourth-order valence-corrected chi connectivity index (χ4v) is 2.76. The maximum atomic E-state index is 12.0. The molecule has 1 saturated heterocycles. The number of rotatable bonds is 2. The molecule has 2 unspecified atom stereocenters. The summed E-state index contributed by atoms with van der Waals surface area (Å²) in [5, 5.41) is 23.7. The van der Waals surface area contributed by atoms with Gasteiger partial charge < -0.3 is 15.1 Å². The summed E-state index contributed by atoms with van der Waals surface area (Å²) in [5.74, 6) is -0.0662. The molecule has 1 aromatic rings. The molecule has 1 aliphatic rings. The van der Waals surface area contributed by atoms with Gasteiger partial charge in [0.2, 0.25) is 0 Å². The molecule has 1 aliphatic heterocycles. The Bertz CT molecular complexity index is 392. The molecule has 0 aliphatic carbocycles. The van der Waals surface area contributed by atoms with E-state index in [0.717, 1.165) is 0 Å². The van der Waals surface area contributed by atoms with Crippen molar-refractivity contribution < 1.29 is 15.0 Å². The van der Waals surface area contributed by atoms with Gasteiger partial charge in [0.05, 0.1) is 11.2 Å². The summed E-state index contributed by atoms with van der Waals surface area (Å²) in [6.45, 7) is 2.55. The zero-order valence-electron chi connectivity index (χ0n) is 9.80. The largest absolute Gasteiger partial charge is 0.388 e. The van der Waals surface area contributed by atoms with Crippen LogP contribution < -0.4 is 0 Å². The molecular formula is C12H17NO3S. The predicted octanol–water partition coefficient (Wildman–Crippen LogP) is 1.10. The number of likely N-dealkylation sites (tertiary alicyclic amines) is 1. The molecular weight excluding hydrogens is 238 g/mol. The van der Waals surface area contributed by atoms with Crippen molar-refractivity contribution in [1.29, 1.82) is 0 Å². The molecule has 17 heavy (non-hydrogen) atoms. The minimum Gasteiger partial charge on any atom is -0.388 e. The van der Waals surface area contributed by atoms with E-state index in [-0.39, 0.29) is 12.5 Å². The summed E-state index contributed by atoms with van der Waals surface area (Å²) in [4.78, 5) is 13.7. The summed E-state index contributed by atoms with van der Waals surface area (Å²) in [5.41, 5.74) is -0.380. The Balaban J connectivity index is 2.05. The molecule has 2 N–H and O–H groups in total. The average molecular weight is 255 g/mol. The monoisotopic (exact) mass is 255 g/mol. The highest BCUT2D eigenvalue weighted by atomic mass is 32.1. The third kappa shape index (κ3) is 2.36. The molecule has 5 heteroatoms. The van der Waals surface area contributed by atoms with Gasteiger partial charge in [-0.05, 0) is 24.3 Å². The SMILES string of the molecule is CCC1(O)CCN(C(=O)c2ccsc2)CC1O. The Morgan fingerprint density at radius 1 is 1.71 bits per heavy atom. The number of amides is 1. The number of thiophene rings is 1. The van der Waals surface area contributed by atoms with Gasteiger partial charge in [0.1, 0.15) is 6.10 Å². The van der Waals surface area contributed by atoms with Crippen LogP contribution in [-0.4, -0.2) is 45.8 Å². The molecule has 1 aromatic heterocycles. The number of carbonyl (C=O) groups excluding carboxylic acids is 1. The van der Waals surface area contributed by atoms with Crippen LogP contribution >= 0.6 is 11.3 Å². The van der Waals surface area contributed by atoms with Crippen LogP contribution in [0.1, 0.15) is 30.1 Å². The Morgan fingerprint density at radius 2 is 2.47 bits per heavy atom. The summed E-state index contributed by atoms with van der Waals surface area (Å²) in [6.07, 6.45) is 0.0821. The molecule has 4 nitrogen and oxygen atoms in total. The molecule has 1 amide bonds. The number of carbonyl (C=O) groups is 1. The topological polar surface area (TPSA) is 60.8 Å². The summed E-state index contributed by atoms with van der Waals surface area (Å²) in [6, 6.07) is 1.78. The van der Waals surface area contributed by atoms with Crippen molar-refractivity contribution in [3.05, 3.63) is 22.4 Å². The lowest BCUT2D eigenvalue weighted by Crippen LogP contribution is -2.56. The highest BCUT2D eigenvalue weighted by molar-refractivity contribution is 7.08. The highest BCUT2D eigenvalue weighted by Crippen LogP contribution is 2.26. The lowest BCUT2D eigenvalue weighted by Gasteiger charge is -2.41. The number of hydrogen-bond donors (Lipinski definition) is 2. The van der Waals surface area contributed by atoms with Gasteiger partial charge in [-0.25, -0.2) is 0 Å². The Kier molecular flexibility index (Phi) is 3.51. The van der Waals surface area contributed by atoms with Crippen LogP contribution in [0.3, 0.4) is 0 Å². The molecule has 94 valence electrons. The smallest absolute Gasteiger partial charge is 0.254 e. The first kappa shape index (κ1) is 12.5. The van der Waals surface area contributed by atoms with Crippen molar-refractivity contribution >= 4 is 17.2 Å². The molecule has 0 bridgehead atoms. The highest BCUT2D eigenvalue weighted by Gasteiger charge is 2.40. The minimum atomic E-state index is -1.04. The van der Waals surface area contributed by atoms with E-state index < -0.39 is 11.7 Å². The zero-order chi connectivity index (χ0) is 12.5. The van der Waals surface area contributed by atoms with Crippen LogP contribution in [0, 0.1) is 0 Å². The van der Waals surface area contributed by atoms with Crippen LogP contribution in [0.4, 0.5) is 0 Å². The van der Waals surface area contributed by atoms with Crippen molar-refractivity contribution in [3.8, 4) is 0 Å². The quantitative estimate of drug-likeness (QED) is 0.832. The molecule has 0 aromatic carbocycles. The number of hydrogen-bond acceptors (Lipinski definition) is 4. The van der Waals surface area contributed by atoms with E-state index in [9.17, 15) is 15.0 Å². The first-order chi connectivity index (χ1) is 8.07. The van der Waals surface area contributed by atoms with E-state index in [1.807, 2.05) is 12.3 Å². The Labute approximate surface area is 104 Å². The third-order valence-electron chi connectivity index (χ3n) is 3.50. The molecule has 2 atom stereocenters. The van der Waals surface area contributed by atoms with Crippen molar-refractivity contribution in [3.63, 3.8) is 0 Å². The number of β-amino-alcohol motifs (C(OH)–C–C–N with tert-alkyl or cyclic N) is 1. The van der Waals surface area contributed by atoms with E-state index in [4.69, 9.17) is 0 Å². The van der Waals surface area contributed by atoms with E-state index in [1.165, 1.54) is 11.3 Å². The summed E-state index contributed by atoms with van der Waals surface area (Å²) < 4.78 is 0. The van der Waals surface area contributed by atoms with Crippen LogP contribution in [0.2, 0.25) is 0 Å². The van der Waals surface area contributed by atoms with E-state index in [0.29, 0.717) is 24.9 Å². The van der Waals surface area contributed by atoms with Crippen molar-refractivity contribution in [2.75, 3.05) is 13.1 Å². The summed E-state index contributed by atoms with van der Waals surface area (Å²) >= 11 is 1.48. The first-order valence-corrected chi connectivity index (χ1v) is 6.73. The number of nitrogens with zero attached hydrogens (tertiary/aromatic N) is 1. The first-order valence-electron chi connectivity index (χ1n) is 5.79. The minimum absolute atomic E-state index is 0.0662. The fraction of sp³-hybridized carbons (Fsp3) is 0.583. The number of piperidine rings is 1. The van der Waals surface area contributed by atoms with Crippen LogP contribution in [0.15, 0.2) is 16.8 Å². The number of aliphatic hydroxyl groups is 2. The Hall–Kier alpha value is -0.910. The second-order valence-corrected chi connectivity index (χ2v) is 5.27. The van der Waals surface area contributed by atoms with Crippen molar-refractivity contribution in [1.82, 2.24) is 4.90 Å². The molecule has 0 saturated carbocycles. The van der Waals surface area contributed by atoms with Crippen LogP contribution in [0.25, 0.3) is 0 Å². The van der Waals surface area contributed by atoms with E-state index in [2.05, 4.69) is 0 Å². The molecule has 0 spiro atoms. The van der Waals surface area contributed by atoms with Gasteiger partial charge in [-0.15, -0.1) is 0 Å². The second-order valence-electron chi connectivity index (χ2n) is 4.49. The Morgan fingerprint density at radius 3 is 3.00 bits per heavy atom. The van der Waals surface area contributed by atoms with Gasteiger partial charge in [0.15, 0.2) is 0 Å². The van der Waals surface area contributed by atoms with Gasteiger partial charge >= 0.3 is 0 Å². The maximum absolute atomic E-state index is 12.0. The van der Waals surface area contributed by atoms with Gasteiger partial charge in [-0.1, -0.05) is 6.92 Å². The summed E-state index contributed by atoms with van der Waals surface area (Å²) in [7, 11) is 0. The standard InChI is InChI=1S/C12H17NO3S/c1-2-12(16)4-5-13(7-10(12)14)11(15)9-3-6-17-8-9/h3,6,8,10,14,16H,2,4-5,7H2,1H3. The van der Waals surface area contributed by atoms with E-state index in [1.54, 1.807) is 16.3 Å². The van der Waals surface area contributed by atoms with E-state index >= 15 is 0 Å². The maximum Gasteiger partial charge on any atom is 0.254 e. The second kappa shape index (κ2) is 4.76. The molecule has 0 radical (unpaired) electrons. The lowest BCUT2D eigenvalue weighted by atomic mass is 9.86. The van der Waals surface area contributed by atoms with Crippen LogP contribution in [-0.2, 0) is 0 Å². The van der Waals surface area contributed by atoms with Gasteiger partial charge in [0, 0.05) is 18.5 Å². The van der Waals surface area contributed by atoms with Crippen LogP contribution in [0.5, 0.6) is 0 Å². The van der Waals surface area contributed by atoms with Gasteiger partial charge in [0.25, 0.3) is 5.91 Å². The number of aliphatic hydroxyl groups excluding tert-OH is 1. The van der Waals surface area contributed by atoms with Gasteiger partial charge in [-0.3, -0.25) is 4.79 Å². The normalized spacial score (nSPS) is 29.4. The third-order valence-corrected chi connectivity index (χ3v) is 4.18. The predicted molar refractivity (Wildman–Crippen MR) is 66.1 cm³/mol. The van der Waals surface area contributed by atoms with Crippen molar-refractivity contribution in [2.45, 2.75) is 31.5 Å². The lowest BCUT2D eigenvalue weighted by molar-refractivity contribution is -0.114. The average Bonchev–Trinajstić information content (AvgIpc) is 2.85. The molecule has 2 rings (SSSR count). The van der Waals surface area contributed by atoms with Gasteiger partial charge in [-0.2, -0.15) is 11.3 Å².